The summed E-state index contributed by atoms with van der Waals surface area (Å²) in [4.78, 5) is 0. The molecule has 2 nitrogen and oxygen atoms in total. The number of rotatable bonds is 8. The van der Waals surface area contributed by atoms with Crippen LogP contribution in [0.5, 0.6) is 0 Å². The number of alkyl halides is 6. The van der Waals surface area contributed by atoms with Crippen LogP contribution < -0.4 is 0 Å². The van der Waals surface area contributed by atoms with Crippen LogP contribution in [0, 0.1) is 5.82 Å². The molecule has 0 bridgehead atoms. The van der Waals surface area contributed by atoms with E-state index in [1.165, 1.54) is 0 Å². The van der Waals surface area contributed by atoms with E-state index in [4.69, 9.17) is 9.47 Å². The molecule has 33 heavy (non-hydrogen) atoms. The van der Waals surface area contributed by atoms with Crippen molar-refractivity contribution in [1.29, 1.82) is 0 Å². The fourth-order valence-electron chi connectivity index (χ4n) is 4.05. The molecule has 1 fully saturated rings. The van der Waals surface area contributed by atoms with Crippen molar-refractivity contribution in [3.05, 3.63) is 59.4 Å². The van der Waals surface area contributed by atoms with Gasteiger partial charge in [-0.15, -0.1) is 0 Å². The molecule has 0 saturated heterocycles. The summed E-state index contributed by atoms with van der Waals surface area (Å²) < 4.78 is 103. The predicted octanol–water partition coefficient (Wildman–Crippen LogP) is 7.52. The van der Waals surface area contributed by atoms with Crippen molar-refractivity contribution < 1.29 is 40.2 Å². The van der Waals surface area contributed by atoms with E-state index in [2.05, 4.69) is 0 Å². The molecule has 2 aromatic rings. The van der Waals surface area contributed by atoms with Gasteiger partial charge in [0.25, 0.3) is 6.17 Å². The van der Waals surface area contributed by atoms with Crippen molar-refractivity contribution in [2.75, 3.05) is 13.4 Å². The lowest BCUT2D eigenvalue weighted by atomic mass is 9.82. The molecule has 0 spiro atoms. The van der Waals surface area contributed by atoms with Gasteiger partial charge in [0.05, 0.1) is 11.7 Å². The van der Waals surface area contributed by atoms with E-state index in [0.717, 1.165) is 37.3 Å². The van der Waals surface area contributed by atoms with Crippen LogP contribution in [0.1, 0.15) is 49.7 Å². The van der Waals surface area contributed by atoms with Crippen LogP contribution >= 0.6 is 0 Å². The highest BCUT2D eigenvalue weighted by atomic mass is 19.4. The van der Waals surface area contributed by atoms with E-state index < -0.39 is 29.7 Å². The average molecular weight is 478 g/mol. The van der Waals surface area contributed by atoms with E-state index in [-0.39, 0.29) is 18.5 Å². The Kier molecular flexibility index (Phi) is 8.05. The van der Waals surface area contributed by atoms with Crippen LogP contribution in [-0.4, -0.2) is 31.9 Å². The van der Waals surface area contributed by atoms with E-state index in [9.17, 15) is 30.7 Å². The van der Waals surface area contributed by atoms with Gasteiger partial charge in [-0.3, -0.25) is 0 Å². The molecule has 0 aliphatic heterocycles. The fraction of sp³-hybridized carbons (Fsp3) is 0.500. The summed E-state index contributed by atoms with van der Waals surface area (Å²) in [5.74, 6) is -6.30. The van der Waals surface area contributed by atoms with Crippen molar-refractivity contribution in [3.63, 3.8) is 0 Å². The van der Waals surface area contributed by atoms with Gasteiger partial charge in [-0.05, 0) is 67.3 Å². The molecule has 1 atom stereocenters. The maximum Gasteiger partial charge on any atom is 0.426 e. The Labute approximate surface area is 187 Å². The van der Waals surface area contributed by atoms with Crippen molar-refractivity contribution in [2.45, 2.75) is 62.9 Å². The first-order valence-corrected chi connectivity index (χ1v) is 10.7. The second kappa shape index (κ2) is 10.4. The van der Waals surface area contributed by atoms with E-state index in [1.807, 2.05) is 19.1 Å². The van der Waals surface area contributed by atoms with Gasteiger partial charge in [0.1, 0.15) is 12.6 Å². The number of ether oxygens (including phenoxy) is 2. The molecule has 3 rings (SSSR count). The summed E-state index contributed by atoms with van der Waals surface area (Å²) in [5.41, 5.74) is 0.162. The predicted molar refractivity (Wildman–Crippen MR) is 109 cm³/mol. The summed E-state index contributed by atoms with van der Waals surface area (Å²) in [6, 6.07) is 9.39. The Morgan fingerprint density at radius 3 is 2.06 bits per heavy atom. The van der Waals surface area contributed by atoms with E-state index >= 15 is 0 Å². The zero-order valence-electron chi connectivity index (χ0n) is 18.0. The number of benzene rings is 2. The maximum atomic E-state index is 14.3. The Morgan fingerprint density at radius 1 is 0.909 bits per heavy atom. The number of hydrogen-bond donors (Lipinski definition) is 0. The van der Waals surface area contributed by atoms with Gasteiger partial charge in [0.15, 0.2) is 0 Å². The molecule has 1 aliphatic rings. The van der Waals surface area contributed by atoms with Crippen LogP contribution in [0.2, 0.25) is 0 Å². The van der Waals surface area contributed by atoms with Crippen LogP contribution in [-0.2, 0) is 15.4 Å². The molecule has 2 aromatic carbocycles. The first-order valence-electron chi connectivity index (χ1n) is 10.7. The Bertz CT molecular complexity index is 904. The normalized spacial score (nSPS) is 20.6. The van der Waals surface area contributed by atoms with Gasteiger partial charge >= 0.3 is 12.1 Å². The molecule has 0 heterocycles. The quantitative estimate of drug-likeness (QED) is 0.222. The second-order valence-electron chi connectivity index (χ2n) is 8.09. The lowest BCUT2D eigenvalue weighted by molar-refractivity contribution is -0.248. The molecule has 0 N–H and O–H groups in total. The molecular formula is C24H25F7O2. The fourth-order valence-corrected chi connectivity index (χ4v) is 4.05. The van der Waals surface area contributed by atoms with Gasteiger partial charge in [-0.1, -0.05) is 30.3 Å². The molecule has 0 amide bonds. The molecule has 182 valence electrons. The van der Waals surface area contributed by atoms with Crippen molar-refractivity contribution in [1.82, 2.24) is 0 Å². The third-order valence-electron chi connectivity index (χ3n) is 5.91. The van der Waals surface area contributed by atoms with Crippen LogP contribution in [0.15, 0.2) is 42.5 Å². The minimum atomic E-state index is -5.81. The first kappa shape index (κ1) is 25.5. The molecule has 1 saturated carbocycles. The summed E-state index contributed by atoms with van der Waals surface area (Å²) >= 11 is 0. The SMILES string of the molecule is CCOCOC1CCC(c2ccc(-c3ccc(C(F)(F)C(F)C(F)(F)F)c(F)c3)cc2)CC1. The van der Waals surface area contributed by atoms with Crippen LogP contribution in [0.3, 0.4) is 0 Å². The third kappa shape index (κ3) is 6.06. The Morgan fingerprint density at radius 2 is 1.52 bits per heavy atom. The summed E-state index contributed by atoms with van der Waals surface area (Å²) in [7, 11) is 0. The Hall–Kier alpha value is -2.13. The molecule has 1 aliphatic carbocycles. The molecule has 0 radical (unpaired) electrons. The largest absolute Gasteiger partial charge is 0.426 e. The second-order valence-corrected chi connectivity index (χ2v) is 8.09. The van der Waals surface area contributed by atoms with E-state index in [0.29, 0.717) is 30.2 Å². The summed E-state index contributed by atoms with van der Waals surface area (Å²) in [6.07, 6.45) is -6.49. The minimum Gasteiger partial charge on any atom is -0.356 e. The topological polar surface area (TPSA) is 18.5 Å². The van der Waals surface area contributed by atoms with Crippen molar-refractivity contribution in [3.8, 4) is 11.1 Å². The summed E-state index contributed by atoms with van der Waals surface area (Å²) in [6.45, 7) is 2.78. The van der Waals surface area contributed by atoms with Gasteiger partial charge in [-0.25, -0.2) is 8.78 Å². The monoisotopic (exact) mass is 478 g/mol. The highest BCUT2D eigenvalue weighted by molar-refractivity contribution is 5.64. The average Bonchev–Trinajstić information content (AvgIpc) is 2.78. The van der Waals surface area contributed by atoms with Crippen LogP contribution in [0.25, 0.3) is 11.1 Å². The zero-order chi connectivity index (χ0) is 24.2. The smallest absolute Gasteiger partial charge is 0.356 e. The van der Waals surface area contributed by atoms with Gasteiger partial charge in [-0.2, -0.15) is 22.0 Å². The maximum absolute atomic E-state index is 14.3. The van der Waals surface area contributed by atoms with Crippen LogP contribution in [0.4, 0.5) is 30.7 Å². The Balaban J connectivity index is 1.67. The third-order valence-corrected chi connectivity index (χ3v) is 5.91. The zero-order valence-corrected chi connectivity index (χ0v) is 18.0. The highest BCUT2D eigenvalue weighted by Gasteiger charge is 2.58. The van der Waals surface area contributed by atoms with E-state index in [1.54, 1.807) is 12.1 Å². The lowest BCUT2D eigenvalue weighted by Gasteiger charge is -2.28. The van der Waals surface area contributed by atoms with Gasteiger partial charge in [0.2, 0.25) is 0 Å². The number of hydrogen-bond acceptors (Lipinski definition) is 2. The minimum absolute atomic E-state index is 0.160. The molecule has 0 aromatic heterocycles. The molecular weight excluding hydrogens is 453 g/mol. The van der Waals surface area contributed by atoms with Gasteiger partial charge < -0.3 is 9.47 Å². The number of halogens is 7. The lowest BCUT2D eigenvalue weighted by Crippen LogP contribution is -2.40. The van der Waals surface area contributed by atoms with Crippen molar-refractivity contribution in [2.24, 2.45) is 0 Å². The highest BCUT2D eigenvalue weighted by Crippen LogP contribution is 2.43. The van der Waals surface area contributed by atoms with Gasteiger partial charge in [0, 0.05) is 6.61 Å². The first-order chi connectivity index (χ1) is 15.5. The molecule has 1 unspecified atom stereocenters. The van der Waals surface area contributed by atoms with Crippen molar-refractivity contribution >= 4 is 0 Å². The standard InChI is InChI=1S/C24H25F7O2/c1-2-32-14-33-19-10-7-16(8-11-19)15-3-5-17(6-4-15)18-9-12-20(21(25)13-18)23(27,28)22(26)24(29,30)31/h3-6,9,12-13,16,19,22H,2,7-8,10-11,14H2,1H3. The summed E-state index contributed by atoms with van der Waals surface area (Å²) in [5, 5.41) is 0. The molecule has 9 heteroatoms.